The minimum Gasteiger partial charge on any atom is -0.491 e. The fourth-order valence-electron chi connectivity index (χ4n) is 3.11. The normalized spacial score (nSPS) is 15.5. The smallest absolute Gasteiger partial charge is 0.260 e. The average molecular weight is 367 g/mol. The third-order valence-corrected chi connectivity index (χ3v) is 4.32. The number of rotatable bonds is 5. The Morgan fingerprint density at radius 2 is 2.15 bits per heavy atom. The quantitative estimate of drug-likeness (QED) is 0.682. The lowest BCUT2D eigenvalue weighted by molar-refractivity contribution is 0.112. The molecule has 4 rings (SSSR count). The summed E-state index contributed by atoms with van der Waals surface area (Å²) in [5.74, 6) is 0.521. The lowest BCUT2D eigenvalue weighted by atomic mass is 10.1. The van der Waals surface area contributed by atoms with Gasteiger partial charge in [0.05, 0.1) is 17.7 Å². The van der Waals surface area contributed by atoms with Gasteiger partial charge in [-0.2, -0.15) is 4.98 Å². The van der Waals surface area contributed by atoms with Crippen LogP contribution in [-0.2, 0) is 6.42 Å². The van der Waals surface area contributed by atoms with E-state index < -0.39 is 5.82 Å². The minimum atomic E-state index is -0.485. The fourth-order valence-corrected chi connectivity index (χ4v) is 3.11. The number of nitrogens with one attached hydrogen (secondary N) is 1. The molecule has 7 heteroatoms. The maximum atomic E-state index is 14.4. The summed E-state index contributed by atoms with van der Waals surface area (Å²) < 4.78 is 25.2. The number of ether oxygens (including phenoxy) is 1. The molecule has 6 nitrogen and oxygen atoms in total. The van der Waals surface area contributed by atoms with Gasteiger partial charge >= 0.3 is 0 Å². The zero-order valence-corrected chi connectivity index (χ0v) is 14.9. The molecule has 1 aliphatic rings. The minimum absolute atomic E-state index is 0.0416. The molecule has 1 unspecified atom stereocenters. The lowest BCUT2D eigenvalue weighted by Crippen LogP contribution is -2.07. The zero-order valence-electron chi connectivity index (χ0n) is 14.9. The first-order valence-corrected chi connectivity index (χ1v) is 8.68. The van der Waals surface area contributed by atoms with Crippen molar-refractivity contribution < 1.29 is 18.4 Å². The summed E-state index contributed by atoms with van der Waals surface area (Å²) in [6, 6.07) is 9.80. The highest BCUT2D eigenvalue weighted by Gasteiger charge is 2.27. The number of aromatic nitrogens is 2. The topological polar surface area (TPSA) is 77.2 Å². The van der Waals surface area contributed by atoms with Crippen LogP contribution in [0.4, 0.5) is 10.1 Å². The molecule has 0 radical (unpaired) electrons. The number of fused-ring (bicyclic) bond motifs is 1. The van der Waals surface area contributed by atoms with E-state index in [4.69, 9.17) is 9.26 Å². The highest BCUT2D eigenvalue weighted by molar-refractivity contribution is 5.77. The molecule has 0 saturated heterocycles. The molecule has 0 aliphatic carbocycles. The summed E-state index contributed by atoms with van der Waals surface area (Å²) in [5, 5.41) is 7.29. The first-order valence-electron chi connectivity index (χ1n) is 8.68. The zero-order chi connectivity index (χ0) is 19.0. The van der Waals surface area contributed by atoms with E-state index in [0.717, 1.165) is 17.5 Å². The van der Waals surface area contributed by atoms with Crippen LogP contribution in [0.2, 0.25) is 0 Å². The second-order valence-corrected chi connectivity index (χ2v) is 6.70. The predicted molar refractivity (Wildman–Crippen MR) is 97.4 cm³/mol. The van der Waals surface area contributed by atoms with Gasteiger partial charge in [-0.3, -0.25) is 4.79 Å². The van der Waals surface area contributed by atoms with Gasteiger partial charge in [0.1, 0.15) is 17.9 Å². The number of hydrogen-bond donors (Lipinski definition) is 1. The average Bonchev–Trinajstić information content (AvgIpc) is 3.27. The van der Waals surface area contributed by atoms with E-state index in [1.54, 1.807) is 18.2 Å². The van der Waals surface area contributed by atoms with E-state index in [1.165, 1.54) is 6.07 Å². The molecule has 138 valence electrons. The molecule has 0 bridgehead atoms. The van der Waals surface area contributed by atoms with Crippen molar-refractivity contribution in [1.29, 1.82) is 0 Å². The van der Waals surface area contributed by atoms with Crippen molar-refractivity contribution in [3.05, 3.63) is 59.2 Å². The largest absolute Gasteiger partial charge is 0.491 e. The summed E-state index contributed by atoms with van der Waals surface area (Å²) >= 11 is 0. The molecular formula is C20H18FN3O3. The van der Waals surface area contributed by atoms with Crippen LogP contribution in [0.3, 0.4) is 0 Å². The first kappa shape index (κ1) is 17.2. The van der Waals surface area contributed by atoms with Crippen LogP contribution in [0.5, 0.6) is 5.75 Å². The van der Waals surface area contributed by atoms with Gasteiger partial charge < -0.3 is 14.6 Å². The molecule has 0 spiro atoms. The van der Waals surface area contributed by atoms with Crippen molar-refractivity contribution in [2.45, 2.75) is 32.4 Å². The Labute approximate surface area is 155 Å². The second-order valence-electron chi connectivity index (χ2n) is 6.70. The summed E-state index contributed by atoms with van der Waals surface area (Å²) in [4.78, 5) is 15.3. The van der Waals surface area contributed by atoms with Crippen LogP contribution in [0.15, 0.2) is 40.9 Å². The Hall–Kier alpha value is -3.22. The van der Waals surface area contributed by atoms with Gasteiger partial charge in [-0.25, -0.2) is 4.39 Å². The van der Waals surface area contributed by atoms with Crippen LogP contribution in [0, 0.1) is 5.82 Å². The Morgan fingerprint density at radius 3 is 2.89 bits per heavy atom. The standard InChI is InChI=1S/C20H18FN3O3/c1-11(2)26-14-4-5-15(16(21)9-14)20-23-19(24-27-20)18-8-13-7-12(10-25)3-6-17(13)22-18/h3-7,9-11,18,22H,8H2,1-2H3. The predicted octanol–water partition coefficient (Wildman–Crippen LogP) is 4.18. The van der Waals surface area contributed by atoms with Crippen LogP contribution in [0.1, 0.15) is 41.6 Å². The highest BCUT2D eigenvalue weighted by atomic mass is 19.1. The molecule has 1 N–H and O–H groups in total. The molecule has 1 atom stereocenters. The van der Waals surface area contributed by atoms with Crippen molar-refractivity contribution in [2.24, 2.45) is 0 Å². The molecule has 3 aromatic rings. The van der Waals surface area contributed by atoms with E-state index in [-0.39, 0.29) is 23.6 Å². The number of anilines is 1. The van der Waals surface area contributed by atoms with Crippen molar-refractivity contribution in [3.8, 4) is 17.2 Å². The summed E-state index contributed by atoms with van der Waals surface area (Å²) in [7, 11) is 0. The fraction of sp³-hybridized carbons (Fsp3) is 0.250. The van der Waals surface area contributed by atoms with Gasteiger partial charge in [0.25, 0.3) is 5.89 Å². The molecule has 0 saturated carbocycles. The van der Waals surface area contributed by atoms with Crippen molar-refractivity contribution in [1.82, 2.24) is 10.1 Å². The number of nitrogens with zero attached hydrogens (tertiary/aromatic N) is 2. The van der Waals surface area contributed by atoms with Gasteiger partial charge in [-0.1, -0.05) is 5.16 Å². The molecule has 0 fully saturated rings. The maximum Gasteiger partial charge on any atom is 0.260 e. The summed E-state index contributed by atoms with van der Waals surface area (Å²) in [6.07, 6.45) is 1.40. The van der Waals surface area contributed by atoms with Crippen molar-refractivity contribution >= 4 is 12.0 Å². The highest BCUT2D eigenvalue weighted by Crippen LogP contribution is 2.34. The number of benzene rings is 2. The Balaban J connectivity index is 1.55. The third-order valence-electron chi connectivity index (χ3n) is 4.32. The van der Waals surface area contributed by atoms with Crippen molar-refractivity contribution in [3.63, 3.8) is 0 Å². The number of halogens is 1. The molecule has 2 heterocycles. The van der Waals surface area contributed by atoms with Gasteiger partial charge in [-0.05, 0) is 49.7 Å². The number of carbonyl (C=O) groups excluding carboxylic acids is 1. The maximum absolute atomic E-state index is 14.4. The van der Waals surface area contributed by atoms with Crippen LogP contribution in [0.25, 0.3) is 11.5 Å². The van der Waals surface area contributed by atoms with Gasteiger partial charge in [0.15, 0.2) is 5.82 Å². The summed E-state index contributed by atoms with van der Waals surface area (Å²) in [5.41, 5.74) is 2.79. The molecule has 1 aliphatic heterocycles. The van der Waals surface area contributed by atoms with Crippen LogP contribution in [-0.4, -0.2) is 22.5 Å². The monoisotopic (exact) mass is 367 g/mol. The first-order chi connectivity index (χ1) is 13.0. The number of aldehydes is 1. The Bertz CT molecular complexity index is 1000. The Morgan fingerprint density at radius 1 is 1.30 bits per heavy atom. The number of hydrogen-bond acceptors (Lipinski definition) is 6. The van der Waals surface area contributed by atoms with Crippen LogP contribution >= 0.6 is 0 Å². The van der Waals surface area contributed by atoms with E-state index in [0.29, 0.717) is 23.6 Å². The molecule has 2 aromatic carbocycles. The summed E-state index contributed by atoms with van der Waals surface area (Å²) in [6.45, 7) is 3.75. The number of carbonyl (C=O) groups is 1. The Kier molecular flexibility index (Phi) is 4.35. The SMILES string of the molecule is CC(C)Oc1ccc(-c2nc(C3Cc4cc(C=O)ccc4N3)no2)c(F)c1. The molecule has 0 amide bonds. The third kappa shape index (κ3) is 3.40. The second kappa shape index (κ2) is 6.83. The molecule has 1 aromatic heterocycles. The van der Waals surface area contributed by atoms with Crippen molar-refractivity contribution in [2.75, 3.05) is 5.32 Å². The lowest BCUT2D eigenvalue weighted by Gasteiger charge is -2.09. The van der Waals surface area contributed by atoms with E-state index in [2.05, 4.69) is 15.5 Å². The van der Waals surface area contributed by atoms with Crippen LogP contribution < -0.4 is 10.1 Å². The van der Waals surface area contributed by atoms with Gasteiger partial charge in [0.2, 0.25) is 0 Å². The van der Waals surface area contributed by atoms with Gasteiger partial charge in [-0.15, -0.1) is 0 Å². The van der Waals surface area contributed by atoms with E-state index in [1.807, 2.05) is 26.0 Å². The molecule has 27 heavy (non-hydrogen) atoms. The molecular weight excluding hydrogens is 349 g/mol. The van der Waals surface area contributed by atoms with E-state index >= 15 is 0 Å². The van der Waals surface area contributed by atoms with Gasteiger partial charge in [0, 0.05) is 23.7 Å². The van der Waals surface area contributed by atoms with E-state index in [9.17, 15) is 9.18 Å².